The smallest absolute Gasteiger partial charge is 0.137 e. The molecule has 0 aliphatic carbocycles. The molecule has 0 amide bonds. The first-order chi connectivity index (χ1) is 10.8. The van der Waals surface area contributed by atoms with Crippen molar-refractivity contribution < 1.29 is 5.11 Å². The van der Waals surface area contributed by atoms with Gasteiger partial charge in [0, 0.05) is 5.39 Å². The van der Waals surface area contributed by atoms with E-state index in [9.17, 15) is 5.11 Å². The number of aliphatic hydroxyl groups is 1. The number of nitrogens with zero attached hydrogens (tertiary/aromatic N) is 1. The number of benzene rings is 1. The van der Waals surface area contributed by atoms with Crippen molar-refractivity contribution in [2.24, 2.45) is 0 Å². The summed E-state index contributed by atoms with van der Waals surface area (Å²) in [6, 6.07) is 11.9. The first kappa shape index (κ1) is 16.5. The fourth-order valence-corrected chi connectivity index (χ4v) is 2.65. The number of para-hydroxylation sites is 1. The first-order valence-electron chi connectivity index (χ1n) is 8.56. The van der Waals surface area contributed by atoms with Crippen LogP contribution < -0.4 is 0 Å². The molecule has 0 aliphatic rings. The van der Waals surface area contributed by atoms with Crippen molar-refractivity contribution in [2.45, 2.75) is 58.3 Å². The minimum absolute atomic E-state index is 0.303. The van der Waals surface area contributed by atoms with E-state index in [1.807, 2.05) is 42.5 Å². The van der Waals surface area contributed by atoms with Crippen LogP contribution in [0.25, 0.3) is 16.7 Å². The van der Waals surface area contributed by atoms with Crippen LogP contribution in [0.5, 0.6) is 0 Å². The van der Waals surface area contributed by atoms with E-state index in [1.165, 1.54) is 38.5 Å². The summed E-state index contributed by atoms with van der Waals surface area (Å²) in [4.78, 5) is 4.51. The van der Waals surface area contributed by atoms with Gasteiger partial charge >= 0.3 is 0 Å². The summed E-state index contributed by atoms with van der Waals surface area (Å²) in [5.41, 5.74) is 1.59. The van der Waals surface area contributed by atoms with Crippen molar-refractivity contribution in [3.8, 4) is 0 Å². The zero-order valence-electron chi connectivity index (χ0n) is 13.6. The molecule has 1 N–H and O–H groups in total. The van der Waals surface area contributed by atoms with Crippen LogP contribution in [0.3, 0.4) is 0 Å². The highest BCUT2D eigenvalue weighted by Gasteiger charge is 2.02. The molecular formula is C20H27NO. The Hall–Kier alpha value is -1.83. The summed E-state index contributed by atoms with van der Waals surface area (Å²) in [6.07, 6.45) is 11.9. The fraction of sp³-hybridized carbons (Fsp3) is 0.450. The summed E-state index contributed by atoms with van der Waals surface area (Å²) in [7, 11) is 0. The number of aliphatic hydroxyl groups excluding tert-OH is 1. The number of unbranched alkanes of at least 4 members (excludes halogenated alkanes) is 7. The van der Waals surface area contributed by atoms with E-state index in [4.69, 9.17) is 0 Å². The molecule has 22 heavy (non-hydrogen) atoms. The molecule has 0 saturated carbocycles. The largest absolute Gasteiger partial charge is 0.506 e. The molecule has 1 heterocycles. The highest BCUT2D eigenvalue weighted by molar-refractivity contribution is 5.80. The summed E-state index contributed by atoms with van der Waals surface area (Å²) in [6.45, 7) is 2.24. The van der Waals surface area contributed by atoms with Crippen molar-refractivity contribution in [3.05, 3.63) is 48.2 Å². The molecule has 2 aromatic rings. The highest BCUT2D eigenvalue weighted by Crippen LogP contribution is 2.17. The molecule has 2 heteroatoms. The number of hydrogen-bond acceptors (Lipinski definition) is 2. The SMILES string of the molecule is CCCCCCCCC/C=C(\O)c1ccc2ccccc2n1. The maximum absolute atomic E-state index is 10.2. The van der Waals surface area contributed by atoms with Gasteiger partial charge in [0.25, 0.3) is 0 Å². The standard InChI is InChI=1S/C20H27NO/c1-2-3-4-5-6-7-8-9-14-20(22)19-16-15-17-12-10-11-13-18(17)21-19/h10-16,22H,2-9H2,1H3/b20-14-. The fourth-order valence-electron chi connectivity index (χ4n) is 2.65. The monoisotopic (exact) mass is 297 g/mol. The predicted molar refractivity (Wildman–Crippen MR) is 95.0 cm³/mol. The van der Waals surface area contributed by atoms with Gasteiger partial charge in [-0.2, -0.15) is 0 Å². The van der Waals surface area contributed by atoms with E-state index < -0.39 is 0 Å². The molecule has 0 unspecified atom stereocenters. The van der Waals surface area contributed by atoms with Crippen LogP contribution in [-0.2, 0) is 0 Å². The van der Waals surface area contributed by atoms with Crippen LogP contribution in [0, 0.1) is 0 Å². The molecule has 0 atom stereocenters. The number of aromatic nitrogens is 1. The molecule has 0 bridgehead atoms. The van der Waals surface area contributed by atoms with Crippen LogP contribution in [-0.4, -0.2) is 10.1 Å². The summed E-state index contributed by atoms with van der Waals surface area (Å²) in [5.74, 6) is 0.303. The second-order valence-electron chi connectivity index (χ2n) is 5.89. The summed E-state index contributed by atoms with van der Waals surface area (Å²) < 4.78 is 0. The minimum Gasteiger partial charge on any atom is -0.506 e. The molecule has 0 fully saturated rings. The van der Waals surface area contributed by atoms with Gasteiger partial charge in [-0.1, -0.05) is 69.7 Å². The maximum Gasteiger partial charge on any atom is 0.137 e. The molecular weight excluding hydrogens is 270 g/mol. The quantitative estimate of drug-likeness (QED) is 0.437. The Kier molecular flexibility index (Phi) is 6.95. The molecule has 2 rings (SSSR count). The normalized spacial score (nSPS) is 12.0. The minimum atomic E-state index is 0.303. The highest BCUT2D eigenvalue weighted by atomic mass is 16.3. The zero-order chi connectivity index (χ0) is 15.6. The van der Waals surface area contributed by atoms with Gasteiger partial charge in [-0.25, -0.2) is 4.98 Å². The Morgan fingerprint density at radius 3 is 2.50 bits per heavy atom. The lowest BCUT2D eigenvalue weighted by atomic mass is 10.1. The topological polar surface area (TPSA) is 33.1 Å². The van der Waals surface area contributed by atoms with Crippen LogP contribution >= 0.6 is 0 Å². The van der Waals surface area contributed by atoms with Crippen molar-refractivity contribution in [1.29, 1.82) is 0 Å². The number of hydrogen-bond donors (Lipinski definition) is 1. The van der Waals surface area contributed by atoms with Gasteiger partial charge in [0.2, 0.25) is 0 Å². The van der Waals surface area contributed by atoms with Crippen molar-refractivity contribution in [3.63, 3.8) is 0 Å². The van der Waals surface area contributed by atoms with E-state index in [2.05, 4.69) is 11.9 Å². The molecule has 2 nitrogen and oxygen atoms in total. The molecule has 0 spiro atoms. The van der Waals surface area contributed by atoms with E-state index in [0.29, 0.717) is 11.5 Å². The number of pyridine rings is 1. The molecule has 118 valence electrons. The number of allylic oxidation sites excluding steroid dienone is 1. The van der Waals surface area contributed by atoms with Crippen LogP contribution in [0.4, 0.5) is 0 Å². The predicted octanol–water partition coefficient (Wildman–Crippen LogP) is 6.27. The Labute approximate surface area is 133 Å². The average molecular weight is 297 g/mol. The van der Waals surface area contributed by atoms with Crippen molar-refractivity contribution in [2.75, 3.05) is 0 Å². The molecule has 0 saturated heterocycles. The second kappa shape index (κ2) is 9.24. The van der Waals surface area contributed by atoms with Gasteiger partial charge in [-0.3, -0.25) is 0 Å². The third-order valence-electron chi connectivity index (χ3n) is 4.01. The van der Waals surface area contributed by atoms with E-state index in [-0.39, 0.29) is 0 Å². The van der Waals surface area contributed by atoms with Crippen molar-refractivity contribution >= 4 is 16.7 Å². The van der Waals surface area contributed by atoms with Gasteiger partial charge in [-0.15, -0.1) is 0 Å². The van der Waals surface area contributed by atoms with Gasteiger partial charge < -0.3 is 5.11 Å². The Morgan fingerprint density at radius 1 is 0.955 bits per heavy atom. The lowest BCUT2D eigenvalue weighted by Crippen LogP contribution is -1.89. The summed E-state index contributed by atoms with van der Waals surface area (Å²) in [5, 5.41) is 11.3. The van der Waals surface area contributed by atoms with Crippen LogP contribution in [0.15, 0.2) is 42.5 Å². The molecule has 1 aromatic carbocycles. The average Bonchev–Trinajstić information content (AvgIpc) is 2.56. The van der Waals surface area contributed by atoms with E-state index in [0.717, 1.165) is 23.7 Å². The van der Waals surface area contributed by atoms with Gasteiger partial charge in [0.05, 0.1) is 5.52 Å². The van der Waals surface area contributed by atoms with Crippen molar-refractivity contribution in [1.82, 2.24) is 4.98 Å². The third-order valence-corrected chi connectivity index (χ3v) is 4.01. The Morgan fingerprint density at radius 2 is 1.68 bits per heavy atom. The van der Waals surface area contributed by atoms with Crippen LogP contribution in [0.1, 0.15) is 64.0 Å². The van der Waals surface area contributed by atoms with E-state index in [1.54, 1.807) is 0 Å². The molecule has 1 aromatic heterocycles. The second-order valence-corrected chi connectivity index (χ2v) is 5.89. The van der Waals surface area contributed by atoms with Gasteiger partial charge in [0.1, 0.15) is 11.5 Å². The zero-order valence-corrected chi connectivity index (χ0v) is 13.6. The third kappa shape index (κ3) is 5.18. The Bertz CT molecular complexity index is 603. The molecule has 0 aliphatic heterocycles. The van der Waals surface area contributed by atoms with Crippen LogP contribution in [0.2, 0.25) is 0 Å². The lowest BCUT2D eigenvalue weighted by molar-refractivity contribution is 0.504. The molecule has 0 radical (unpaired) electrons. The first-order valence-corrected chi connectivity index (χ1v) is 8.56. The van der Waals surface area contributed by atoms with Gasteiger partial charge in [0.15, 0.2) is 0 Å². The lowest BCUT2D eigenvalue weighted by Gasteiger charge is -2.03. The Balaban J connectivity index is 1.78. The maximum atomic E-state index is 10.2. The van der Waals surface area contributed by atoms with Gasteiger partial charge in [-0.05, 0) is 31.1 Å². The summed E-state index contributed by atoms with van der Waals surface area (Å²) >= 11 is 0. The number of fused-ring (bicyclic) bond motifs is 1. The number of rotatable bonds is 9. The van der Waals surface area contributed by atoms with E-state index >= 15 is 0 Å².